The van der Waals surface area contributed by atoms with Gasteiger partial charge < -0.3 is 10.1 Å². The van der Waals surface area contributed by atoms with Crippen LogP contribution in [0.2, 0.25) is 5.02 Å². The lowest BCUT2D eigenvalue weighted by Crippen LogP contribution is -2.24. The standard InChI is InChI=1S/C11H14ClNO2/c1-2-15-11(14)8-13-7-9-5-3-4-6-10(9)12/h3-6,13H,2,7-8H2,1H3. The van der Waals surface area contributed by atoms with E-state index in [9.17, 15) is 4.79 Å². The highest BCUT2D eigenvalue weighted by molar-refractivity contribution is 6.31. The van der Waals surface area contributed by atoms with Crippen molar-refractivity contribution in [3.8, 4) is 0 Å². The largest absolute Gasteiger partial charge is 0.465 e. The smallest absolute Gasteiger partial charge is 0.319 e. The van der Waals surface area contributed by atoms with E-state index in [0.717, 1.165) is 5.56 Å². The highest BCUT2D eigenvalue weighted by Crippen LogP contribution is 2.13. The van der Waals surface area contributed by atoms with Gasteiger partial charge >= 0.3 is 5.97 Å². The highest BCUT2D eigenvalue weighted by Gasteiger charge is 2.02. The Bertz CT molecular complexity index is 328. The molecule has 0 aromatic heterocycles. The van der Waals surface area contributed by atoms with Gasteiger partial charge in [-0.2, -0.15) is 0 Å². The van der Waals surface area contributed by atoms with Crippen LogP contribution in [0.15, 0.2) is 24.3 Å². The van der Waals surface area contributed by atoms with Crippen molar-refractivity contribution < 1.29 is 9.53 Å². The summed E-state index contributed by atoms with van der Waals surface area (Å²) in [5, 5.41) is 3.67. The van der Waals surface area contributed by atoms with Crippen molar-refractivity contribution in [1.29, 1.82) is 0 Å². The fourth-order valence-corrected chi connectivity index (χ4v) is 1.36. The first kappa shape index (κ1) is 12.0. The molecule has 0 aliphatic rings. The summed E-state index contributed by atoms with van der Waals surface area (Å²) in [6.07, 6.45) is 0. The molecule has 0 spiro atoms. The van der Waals surface area contributed by atoms with E-state index < -0.39 is 0 Å². The van der Waals surface area contributed by atoms with Crippen LogP contribution < -0.4 is 5.32 Å². The van der Waals surface area contributed by atoms with E-state index in [4.69, 9.17) is 16.3 Å². The second kappa shape index (κ2) is 6.43. The molecule has 0 saturated carbocycles. The number of carbonyl (C=O) groups is 1. The zero-order valence-electron chi connectivity index (χ0n) is 8.63. The number of esters is 1. The molecule has 0 aliphatic carbocycles. The van der Waals surface area contributed by atoms with E-state index in [2.05, 4.69) is 5.32 Å². The lowest BCUT2D eigenvalue weighted by molar-refractivity contribution is -0.142. The molecule has 0 unspecified atom stereocenters. The maximum atomic E-state index is 11.0. The summed E-state index contributed by atoms with van der Waals surface area (Å²) in [4.78, 5) is 11.0. The fraction of sp³-hybridized carbons (Fsp3) is 0.364. The Hall–Kier alpha value is -1.06. The molecule has 1 aromatic rings. The molecule has 82 valence electrons. The quantitative estimate of drug-likeness (QED) is 0.782. The third-order valence-electron chi connectivity index (χ3n) is 1.85. The molecule has 1 rings (SSSR count). The Kier molecular flexibility index (Phi) is 5.15. The van der Waals surface area contributed by atoms with Gasteiger partial charge in [0.05, 0.1) is 13.2 Å². The van der Waals surface area contributed by atoms with Crippen LogP contribution in [0.4, 0.5) is 0 Å². The SMILES string of the molecule is CCOC(=O)CNCc1ccccc1Cl. The van der Waals surface area contributed by atoms with Gasteiger partial charge in [0.25, 0.3) is 0 Å². The molecule has 0 radical (unpaired) electrons. The van der Waals surface area contributed by atoms with E-state index in [1.165, 1.54) is 0 Å². The van der Waals surface area contributed by atoms with E-state index >= 15 is 0 Å². The molecule has 0 amide bonds. The summed E-state index contributed by atoms with van der Waals surface area (Å²) in [7, 11) is 0. The molecule has 0 fully saturated rings. The Morgan fingerprint density at radius 3 is 2.87 bits per heavy atom. The summed E-state index contributed by atoms with van der Waals surface area (Å²) >= 11 is 5.94. The number of benzene rings is 1. The van der Waals surface area contributed by atoms with Crippen LogP contribution in [0.3, 0.4) is 0 Å². The molecular formula is C11H14ClNO2. The van der Waals surface area contributed by atoms with Gasteiger partial charge in [-0.1, -0.05) is 29.8 Å². The molecule has 1 N–H and O–H groups in total. The van der Waals surface area contributed by atoms with Gasteiger partial charge in [-0.25, -0.2) is 0 Å². The predicted octanol–water partition coefficient (Wildman–Crippen LogP) is 1.99. The second-order valence-corrected chi connectivity index (χ2v) is 3.41. The zero-order valence-corrected chi connectivity index (χ0v) is 9.38. The molecule has 0 atom stereocenters. The van der Waals surface area contributed by atoms with Crippen molar-refractivity contribution in [2.45, 2.75) is 13.5 Å². The van der Waals surface area contributed by atoms with Crippen molar-refractivity contribution >= 4 is 17.6 Å². The normalized spacial score (nSPS) is 10.0. The van der Waals surface area contributed by atoms with Crippen LogP contribution in [-0.2, 0) is 16.1 Å². The zero-order chi connectivity index (χ0) is 11.1. The summed E-state index contributed by atoms with van der Waals surface area (Å²) in [6, 6.07) is 7.52. The molecule has 0 heterocycles. The Morgan fingerprint density at radius 2 is 2.20 bits per heavy atom. The third kappa shape index (κ3) is 4.32. The summed E-state index contributed by atoms with van der Waals surface area (Å²) in [5.74, 6) is -0.246. The van der Waals surface area contributed by atoms with Crippen LogP contribution in [-0.4, -0.2) is 19.1 Å². The fourth-order valence-electron chi connectivity index (χ4n) is 1.15. The van der Waals surface area contributed by atoms with Gasteiger partial charge in [-0.15, -0.1) is 0 Å². The van der Waals surface area contributed by atoms with E-state index in [1.807, 2.05) is 24.3 Å². The molecule has 0 bridgehead atoms. The first-order valence-corrected chi connectivity index (χ1v) is 5.21. The maximum absolute atomic E-state index is 11.0. The average Bonchev–Trinajstić information content (AvgIpc) is 2.21. The van der Waals surface area contributed by atoms with Gasteiger partial charge in [-0.05, 0) is 18.6 Å². The Labute approximate surface area is 94.4 Å². The van der Waals surface area contributed by atoms with Crippen molar-refractivity contribution in [2.75, 3.05) is 13.2 Å². The maximum Gasteiger partial charge on any atom is 0.319 e. The van der Waals surface area contributed by atoms with Gasteiger partial charge in [0.1, 0.15) is 0 Å². The highest BCUT2D eigenvalue weighted by atomic mass is 35.5. The van der Waals surface area contributed by atoms with E-state index in [1.54, 1.807) is 6.92 Å². The van der Waals surface area contributed by atoms with Gasteiger partial charge in [-0.3, -0.25) is 4.79 Å². The molecular weight excluding hydrogens is 214 g/mol. The molecule has 15 heavy (non-hydrogen) atoms. The van der Waals surface area contributed by atoms with Crippen LogP contribution in [0.1, 0.15) is 12.5 Å². The minimum absolute atomic E-state index is 0.207. The monoisotopic (exact) mass is 227 g/mol. The molecule has 4 heteroatoms. The molecule has 1 aromatic carbocycles. The minimum Gasteiger partial charge on any atom is -0.465 e. The molecule has 3 nitrogen and oxygen atoms in total. The number of rotatable bonds is 5. The van der Waals surface area contributed by atoms with E-state index in [0.29, 0.717) is 18.2 Å². The van der Waals surface area contributed by atoms with E-state index in [-0.39, 0.29) is 12.5 Å². The molecule has 0 saturated heterocycles. The lowest BCUT2D eigenvalue weighted by Gasteiger charge is -2.05. The van der Waals surface area contributed by atoms with Crippen molar-refractivity contribution in [3.05, 3.63) is 34.9 Å². The van der Waals surface area contributed by atoms with Crippen LogP contribution in [0, 0.1) is 0 Å². The average molecular weight is 228 g/mol. The van der Waals surface area contributed by atoms with Crippen molar-refractivity contribution in [2.24, 2.45) is 0 Å². The summed E-state index contributed by atoms with van der Waals surface area (Å²) in [5.41, 5.74) is 0.975. The Morgan fingerprint density at radius 1 is 1.47 bits per heavy atom. The number of ether oxygens (including phenoxy) is 1. The van der Waals surface area contributed by atoms with Crippen molar-refractivity contribution in [1.82, 2.24) is 5.32 Å². The van der Waals surface area contributed by atoms with Gasteiger partial charge in [0.15, 0.2) is 0 Å². The van der Waals surface area contributed by atoms with Gasteiger partial charge in [0, 0.05) is 11.6 Å². The van der Waals surface area contributed by atoms with Crippen LogP contribution >= 0.6 is 11.6 Å². The number of carbonyl (C=O) groups excluding carboxylic acids is 1. The number of nitrogens with one attached hydrogen (secondary N) is 1. The first-order valence-electron chi connectivity index (χ1n) is 4.83. The minimum atomic E-state index is -0.246. The number of hydrogen-bond acceptors (Lipinski definition) is 3. The summed E-state index contributed by atoms with van der Waals surface area (Å²) in [6.45, 7) is 2.97. The summed E-state index contributed by atoms with van der Waals surface area (Å²) < 4.78 is 4.78. The lowest BCUT2D eigenvalue weighted by atomic mass is 10.2. The molecule has 0 aliphatic heterocycles. The number of halogens is 1. The number of hydrogen-bond donors (Lipinski definition) is 1. The Balaban J connectivity index is 2.32. The van der Waals surface area contributed by atoms with Crippen molar-refractivity contribution in [3.63, 3.8) is 0 Å². The topological polar surface area (TPSA) is 38.3 Å². The van der Waals surface area contributed by atoms with Gasteiger partial charge in [0.2, 0.25) is 0 Å². The first-order chi connectivity index (χ1) is 7.24. The predicted molar refractivity (Wildman–Crippen MR) is 59.8 cm³/mol. The second-order valence-electron chi connectivity index (χ2n) is 3.00. The third-order valence-corrected chi connectivity index (χ3v) is 2.22. The van der Waals surface area contributed by atoms with Crippen LogP contribution in [0.25, 0.3) is 0 Å². The van der Waals surface area contributed by atoms with Crippen LogP contribution in [0.5, 0.6) is 0 Å².